The zero-order valence-electron chi connectivity index (χ0n) is 70.4. The Labute approximate surface area is 677 Å². The zero-order valence-corrected chi connectivity index (χ0v) is 70.4. The van der Waals surface area contributed by atoms with Crippen molar-refractivity contribution in [1.29, 1.82) is 0 Å². The van der Waals surface area contributed by atoms with Gasteiger partial charge in [0.1, 0.15) is 90.6 Å². The molecule has 0 saturated carbocycles. The second-order valence-electron chi connectivity index (χ2n) is 31.9. The largest absolute Gasteiger partial charge is 0.394 e. The van der Waals surface area contributed by atoms with E-state index in [4.69, 9.17) is 34.4 Å². The molecule has 30 N–H and O–H groups in total. The molecule has 0 unspecified atom stereocenters. The highest BCUT2D eigenvalue weighted by Crippen LogP contribution is 2.18. The summed E-state index contributed by atoms with van der Waals surface area (Å²) in [6, 6.07) is -21.2. The predicted molar refractivity (Wildman–Crippen MR) is 431 cm³/mol. The fraction of sp³-hybridized carbons (Fsp3) is 0.803. The van der Waals surface area contributed by atoms with Crippen molar-refractivity contribution >= 4 is 88.6 Å². The number of rotatable bonds is 60. The third kappa shape index (κ3) is 40.4. The van der Waals surface area contributed by atoms with E-state index in [-0.39, 0.29) is 114 Å². The molecule has 15 amide bonds. The highest BCUT2D eigenvalue weighted by atomic mass is 16.3. The lowest BCUT2D eigenvalue weighted by Crippen LogP contribution is -2.63. The van der Waals surface area contributed by atoms with Gasteiger partial charge in [-0.3, -0.25) is 71.9 Å². The van der Waals surface area contributed by atoms with Crippen LogP contribution in [0.1, 0.15) is 207 Å². The highest BCUT2D eigenvalue weighted by molar-refractivity contribution is 6.01. The number of carbonyl (C=O) groups is 15. The molecule has 0 saturated heterocycles. The number of hydrogen-bond acceptors (Lipinski definition) is 24. The van der Waals surface area contributed by atoms with Crippen molar-refractivity contribution in [3.63, 3.8) is 0 Å². The van der Waals surface area contributed by atoms with Crippen LogP contribution in [0.2, 0.25) is 0 Å². The summed E-state index contributed by atoms with van der Waals surface area (Å²) in [4.78, 5) is 209. The molecule has 0 rings (SSSR count). The van der Waals surface area contributed by atoms with Gasteiger partial charge >= 0.3 is 0 Å². The van der Waals surface area contributed by atoms with Crippen molar-refractivity contribution in [2.75, 3.05) is 46.0 Å². The van der Waals surface area contributed by atoms with E-state index in [9.17, 15) is 92.3 Å². The number of carbonyl (C=O) groups excluding carboxylic acids is 15. The van der Waals surface area contributed by atoms with Crippen LogP contribution in [0, 0.1) is 41.4 Å². The van der Waals surface area contributed by atoms with Gasteiger partial charge in [0.2, 0.25) is 88.6 Å². The quantitative estimate of drug-likeness (QED) is 0.0253. The predicted octanol–water partition coefficient (Wildman–Crippen LogP) is -5.39. The van der Waals surface area contributed by atoms with Gasteiger partial charge in [-0.15, -0.1) is 0 Å². The number of unbranched alkanes of at least 4 members (excludes halogenated alkanes) is 4. The Balaban J connectivity index is 7.03. The van der Waals surface area contributed by atoms with Crippen molar-refractivity contribution < 1.29 is 92.3 Å². The normalized spacial score (nSPS) is 16.0. The SMILES string of the molecule is CC[C@H](C)[C@H](NC(=O)[C@H](CC(C)C)NC(=O)[C@@H](NC(=O)[C@H](CC(C)C)NC(=O)[C@@H](NC(=O)[C@H](CCCCN)NC(=O)[C@H](CCCCN)NC(=O)[C@H](CO)NC(=O)[C@H](CCCCN)NC(=O)[C@H](CO)NC(=O)[C@H](CCCCN)NC(=O)[C@@H](N)CO)[C@@H](C)O)C(C)C)C(=O)N[C@@H](CC(C)C)C(=O)N[C@H](C(=O)N[C@H](C(N)=O)C(C)C)C(C)C. The van der Waals surface area contributed by atoms with Gasteiger partial charge in [-0.2, -0.15) is 0 Å². The van der Waals surface area contributed by atoms with Crippen LogP contribution in [0.25, 0.3) is 0 Å². The van der Waals surface area contributed by atoms with Crippen molar-refractivity contribution in [1.82, 2.24) is 74.4 Å². The average molecular weight is 1640 g/mol. The number of amides is 15. The topological polar surface area (TPSA) is 662 Å². The molecule has 0 aromatic heterocycles. The minimum absolute atomic E-state index is 0.0261. The Hall–Kier alpha value is -8.31. The molecule has 39 heteroatoms. The van der Waals surface area contributed by atoms with Crippen molar-refractivity contribution in [3.8, 4) is 0 Å². The molecule has 115 heavy (non-hydrogen) atoms. The maximum absolute atomic E-state index is 14.6. The Morgan fingerprint density at radius 3 is 0.765 bits per heavy atom. The van der Waals surface area contributed by atoms with E-state index < -0.39 is 223 Å². The van der Waals surface area contributed by atoms with Crippen LogP contribution in [0.15, 0.2) is 0 Å². The van der Waals surface area contributed by atoms with Crippen LogP contribution in [-0.2, 0) is 71.9 Å². The van der Waals surface area contributed by atoms with Crippen molar-refractivity contribution in [2.24, 2.45) is 75.8 Å². The first-order valence-corrected chi connectivity index (χ1v) is 40.6. The number of nitrogens with two attached hydrogens (primary N) is 6. The Bertz CT molecular complexity index is 3060. The fourth-order valence-corrected chi connectivity index (χ4v) is 12.1. The Kier molecular flexibility index (Phi) is 52.8. The summed E-state index contributed by atoms with van der Waals surface area (Å²) >= 11 is 0. The average Bonchev–Trinajstić information content (AvgIpc) is 0.843. The van der Waals surface area contributed by atoms with E-state index in [1.54, 1.807) is 83.1 Å². The highest BCUT2D eigenvalue weighted by Gasteiger charge is 2.41. The summed E-state index contributed by atoms with van der Waals surface area (Å²) in [7, 11) is 0. The summed E-state index contributed by atoms with van der Waals surface area (Å²) in [5.41, 5.74) is 34.1. The van der Waals surface area contributed by atoms with E-state index >= 15 is 0 Å². The van der Waals surface area contributed by atoms with Crippen LogP contribution in [-0.4, -0.2) is 252 Å². The van der Waals surface area contributed by atoms with E-state index in [0.29, 0.717) is 38.5 Å². The Morgan fingerprint density at radius 1 is 0.278 bits per heavy atom. The van der Waals surface area contributed by atoms with E-state index in [0.717, 1.165) is 0 Å². The molecule has 0 bridgehead atoms. The lowest BCUT2D eigenvalue weighted by molar-refractivity contribution is -0.138. The molecule has 662 valence electrons. The molecule has 39 nitrogen and oxygen atoms in total. The number of aliphatic hydroxyl groups is 4. The number of nitrogens with one attached hydrogen (secondary N) is 14. The summed E-state index contributed by atoms with van der Waals surface area (Å²) in [6.45, 7) is 23.4. The van der Waals surface area contributed by atoms with Gasteiger partial charge in [0, 0.05) is 0 Å². The second kappa shape index (κ2) is 56.9. The number of hydrogen-bond donors (Lipinski definition) is 24. The molecule has 0 radical (unpaired) electrons. The van der Waals surface area contributed by atoms with Crippen molar-refractivity contribution in [3.05, 3.63) is 0 Å². The first-order chi connectivity index (χ1) is 53.9. The molecule has 0 aliphatic carbocycles. The Morgan fingerprint density at radius 2 is 0.504 bits per heavy atom. The van der Waals surface area contributed by atoms with Crippen LogP contribution in [0.4, 0.5) is 0 Å². The van der Waals surface area contributed by atoms with Crippen LogP contribution in [0.5, 0.6) is 0 Å². The lowest BCUT2D eigenvalue weighted by Gasteiger charge is -2.31. The zero-order chi connectivity index (χ0) is 88.1. The number of primary amides is 1. The molecule has 0 spiro atoms. The smallest absolute Gasteiger partial charge is 0.245 e. The summed E-state index contributed by atoms with van der Waals surface area (Å²) < 4.78 is 0. The molecule has 0 aliphatic heterocycles. The van der Waals surface area contributed by atoms with Crippen LogP contribution >= 0.6 is 0 Å². The van der Waals surface area contributed by atoms with Gasteiger partial charge in [0.05, 0.1) is 25.9 Å². The maximum Gasteiger partial charge on any atom is 0.245 e. The summed E-state index contributed by atoms with van der Waals surface area (Å²) in [5.74, 6) is -16.0. The van der Waals surface area contributed by atoms with Gasteiger partial charge in [0.15, 0.2) is 0 Å². The standard InChI is InChI=1S/C76H144N20O19/c1-16-45(14)60(75(114)88-52(33-39(2)3)68(107)94-59(44(12)13)74(113)92-57(42(8)9)62(82)101)95-70(109)54(35-41(6)7)87-73(112)58(43(10)11)93-69(108)53(34-40(4)5)89-76(115)61(46(15)100)96-67(106)51(28-20-24-32-80)84-64(103)49(26-18-22-30-78)85-71(110)56(38-99)91-66(105)50(27-19-23-31-79)86-72(111)55(37-98)90-65(104)48(25-17-21-29-77)83-63(102)47(81)36-97/h39-61,97-100H,16-38,77-81H2,1-15H3,(H2,82,101)(H,83,102)(H,84,103)(H,85,110)(H,86,111)(H,87,112)(H,88,114)(H,89,115)(H,90,104)(H,91,105)(H,92,113)(H,93,108)(H,94,107)(H,95,109)(H,96,106)/t45-,46+,47-,48-,49-,50-,51-,52-,53-,54-,55-,56-,57-,58-,59-,60-,61-/m0/s1. The molecule has 0 aliphatic rings. The fourth-order valence-electron chi connectivity index (χ4n) is 12.1. The van der Waals surface area contributed by atoms with E-state index in [2.05, 4.69) is 74.4 Å². The molecule has 17 atom stereocenters. The van der Waals surface area contributed by atoms with Crippen molar-refractivity contribution in [2.45, 2.75) is 303 Å². The lowest BCUT2D eigenvalue weighted by atomic mass is 9.95. The van der Waals surface area contributed by atoms with Gasteiger partial charge in [-0.25, -0.2) is 0 Å². The third-order valence-corrected chi connectivity index (χ3v) is 19.1. The molecular formula is C76H144N20O19. The monoisotopic (exact) mass is 1640 g/mol. The molecule has 0 aromatic carbocycles. The minimum Gasteiger partial charge on any atom is -0.394 e. The molecule has 0 heterocycles. The second-order valence-corrected chi connectivity index (χ2v) is 31.9. The van der Waals surface area contributed by atoms with Crippen LogP contribution in [0.3, 0.4) is 0 Å². The molecule has 0 fully saturated rings. The summed E-state index contributed by atoms with van der Waals surface area (Å²) in [5, 5.41) is 77.6. The van der Waals surface area contributed by atoms with Gasteiger partial charge in [-0.05, 0) is 171 Å². The first-order valence-electron chi connectivity index (χ1n) is 40.6. The van der Waals surface area contributed by atoms with E-state index in [1.807, 2.05) is 13.8 Å². The number of aliphatic hydroxyl groups excluding tert-OH is 4. The van der Waals surface area contributed by atoms with Gasteiger partial charge in [0.25, 0.3) is 0 Å². The van der Waals surface area contributed by atoms with E-state index in [1.165, 1.54) is 6.92 Å². The van der Waals surface area contributed by atoms with Gasteiger partial charge in [-0.1, -0.05) is 103 Å². The molecular weight excluding hydrogens is 1500 g/mol. The van der Waals surface area contributed by atoms with Gasteiger partial charge < -0.3 is 129 Å². The summed E-state index contributed by atoms with van der Waals surface area (Å²) in [6.07, 6.45) is 1.00. The van der Waals surface area contributed by atoms with Crippen LogP contribution < -0.4 is 109 Å². The first kappa shape index (κ1) is 107. The molecule has 0 aromatic rings. The third-order valence-electron chi connectivity index (χ3n) is 19.1. The maximum atomic E-state index is 14.6. The minimum atomic E-state index is -1.81.